The lowest BCUT2D eigenvalue weighted by Crippen LogP contribution is -2.51. The van der Waals surface area contributed by atoms with Gasteiger partial charge in [-0.25, -0.2) is 0 Å². The second kappa shape index (κ2) is 13.7. The van der Waals surface area contributed by atoms with Crippen LogP contribution < -0.4 is 5.32 Å². The highest BCUT2D eigenvalue weighted by Crippen LogP contribution is 2.20. The summed E-state index contributed by atoms with van der Waals surface area (Å²) in [6.45, 7) is 7.22. The van der Waals surface area contributed by atoms with Crippen LogP contribution >= 0.6 is 11.8 Å². The van der Waals surface area contributed by atoms with Crippen molar-refractivity contribution in [3.05, 3.63) is 107 Å². The summed E-state index contributed by atoms with van der Waals surface area (Å²) < 4.78 is 0. The number of thioether (sulfide) groups is 1. The number of nitrogens with zero attached hydrogens (tertiary/aromatic N) is 1. The Kier molecular flexibility index (Phi) is 10.4. The number of hydrogen-bond acceptors (Lipinski definition) is 3. The maximum atomic E-state index is 13.6. The Morgan fingerprint density at radius 2 is 1.46 bits per heavy atom. The first-order valence-electron chi connectivity index (χ1n) is 12.3. The van der Waals surface area contributed by atoms with Crippen LogP contribution in [0.5, 0.6) is 0 Å². The van der Waals surface area contributed by atoms with E-state index in [0.29, 0.717) is 25.3 Å². The number of benzene rings is 3. The number of aryl methyl sites for hydroxylation is 2. The van der Waals surface area contributed by atoms with Crippen molar-refractivity contribution in [1.29, 1.82) is 0 Å². The molecule has 3 aromatic rings. The van der Waals surface area contributed by atoms with Crippen molar-refractivity contribution in [1.82, 2.24) is 10.2 Å². The van der Waals surface area contributed by atoms with Crippen molar-refractivity contribution in [3.8, 4) is 0 Å². The molecule has 1 atom stereocenters. The predicted octanol–water partition coefficient (Wildman–Crippen LogP) is 5.70. The van der Waals surface area contributed by atoms with Crippen molar-refractivity contribution in [2.24, 2.45) is 0 Å². The summed E-state index contributed by atoms with van der Waals surface area (Å²) >= 11 is 1.60. The van der Waals surface area contributed by atoms with Crippen LogP contribution in [0.15, 0.2) is 78.9 Å². The molecule has 0 aliphatic rings. The zero-order valence-corrected chi connectivity index (χ0v) is 21.8. The highest BCUT2D eigenvalue weighted by atomic mass is 32.2. The molecule has 0 heterocycles. The first kappa shape index (κ1) is 26.6. The van der Waals surface area contributed by atoms with Gasteiger partial charge in [-0.05, 0) is 37.0 Å². The van der Waals surface area contributed by atoms with Gasteiger partial charge in [0.15, 0.2) is 0 Å². The number of carbonyl (C=O) groups excluding carboxylic acids is 2. The Bertz CT molecular complexity index is 1070. The summed E-state index contributed by atoms with van der Waals surface area (Å²) in [6, 6.07) is 25.8. The molecule has 0 fully saturated rings. The van der Waals surface area contributed by atoms with Gasteiger partial charge in [-0.15, -0.1) is 11.8 Å². The van der Waals surface area contributed by atoms with Crippen molar-refractivity contribution in [2.45, 2.75) is 52.0 Å². The van der Waals surface area contributed by atoms with E-state index in [4.69, 9.17) is 0 Å². The van der Waals surface area contributed by atoms with E-state index in [0.717, 1.165) is 23.3 Å². The Labute approximate surface area is 214 Å². The molecule has 0 aliphatic heterocycles. The lowest BCUT2D eigenvalue weighted by atomic mass is 10.0. The molecule has 0 saturated heterocycles. The highest BCUT2D eigenvalue weighted by Gasteiger charge is 2.30. The lowest BCUT2D eigenvalue weighted by molar-refractivity contribution is -0.139. The van der Waals surface area contributed by atoms with Crippen molar-refractivity contribution >= 4 is 23.6 Å². The Morgan fingerprint density at radius 1 is 0.857 bits per heavy atom. The maximum Gasteiger partial charge on any atom is 0.243 e. The summed E-state index contributed by atoms with van der Waals surface area (Å²) in [5, 5.41) is 3.03. The summed E-state index contributed by atoms with van der Waals surface area (Å²) in [5.41, 5.74) is 5.73. The largest absolute Gasteiger partial charge is 0.354 e. The van der Waals surface area contributed by atoms with E-state index in [1.807, 2.05) is 67.6 Å². The summed E-state index contributed by atoms with van der Waals surface area (Å²) in [6.07, 6.45) is 1.33. The van der Waals surface area contributed by atoms with E-state index in [-0.39, 0.29) is 11.8 Å². The number of carbonyl (C=O) groups is 2. The molecule has 0 bridgehead atoms. The normalized spacial score (nSPS) is 11.6. The topological polar surface area (TPSA) is 49.4 Å². The second-order valence-corrected chi connectivity index (χ2v) is 9.98. The molecule has 4 nitrogen and oxygen atoms in total. The lowest BCUT2D eigenvalue weighted by Gasteiger charge is -2.31. The van der Waals surface area contributed by atoms with Crippen molar-refractivity contribution in [3.63, 3.8) is 0 Å². The van der Waals surface area contributed by atoms with E-state index in [9.17, 15) is 9.59 Å². The van der Waals surface area contributed by atoms with Crippen LogP contribution in [0.4, 0.5) is 0 Å². The zero-order chi connectivity index (χ0) is 25.0. The third-order valence-corrected chi connectivity index (χ3v) is 6.78. The van der Waals surface area contributed by atoms with Gasteiger partial charge in [0.2, 0.25) is 11.8 Å². The first-order valence-corrected chi connectivity index (χ1v) is 13.4. The van der Waals surface area contributed by atoms with Crippen molar-refractivity contribution in [2.75, 3.05) is 12.3 Å². The van der Waals surface area contributed by atoms with Gasteiger partial charge in [-0.1, -0.05) is 96.9 Å². The van der Waals surface area contributed by atoms with Gasteiger partial charge < -0.3 is 10.2 Å². The first-order chi connectivity index (χ1) is 17.0. The van der Waals surface area contributed by atoms with E-state index in [2.05, 4.69) is 37.4 Å². The summed E-state index contributed by atoms with van der Waals surface area (Å²) in [4.78, 5) is 28.7. The number of amides is 2. The molecule has 1 unspecified atom stereocenters. The van der Waals surface area contributed by atoms with Crippen molar-refractivity contribution < 1.29 is 9.59 Å². The van der Waals surface area contributed by atoms with Gasteiger partial charge in [0, 0.05) is 25.3 Å². The third kappa shape index (κ3) is 8.59. The fourth-order valence-corrected chi connectivity index (χ4v) is 5.04. The predicted molar refractivity (Wildman–Crippen MR) is 146 cm³/mol. The molecular formula is C30H36N2O2S. The molecule has 3 rings (SSSR count). The average molecular weight is 489 g/mol. The van der Waals surface area contributed by atoms with Gasteiger partial charge in [0.1, 0.15) is 6.04 Å². The van der Waals surface area contributed by atoms with E-state index in [1.165, 1.54) is 16.7 Å². The molecule has 3 aromatic carbocycles. The molecule has 35 heavy (non-hydrogen) atoms. The number of nitrogens with one attached hydrogen (secondary N) is 1. The monoisotopic (exact) mass is 488 g/mol. The van der Waals surface area contributed by atoms with Crippen LogP contribution in [-0.2, 0) is 28.3 Å². The Hall–Kier alpha value is -3.05. The number of hydrogen-bond donors (Lipinski definition) is 1. The standard InChI is InChI=1S/C30H36N2O2S/c1-4-15-31-30(34)28(19-25-11-7-5-8-12-25)32(20-26-13-9-6-10-14-26)29(33)22-35-21-27-17-23(2)16-24(3)18-27/h5-14,16-18,28H,4,15,19-22H2,1-3H3,(H,31,34). The van der Waals surface area contributed by atoms with Crippen LogP contribution in [0.1, 0.15) is 41.2 Å². The van der Waals surface area contributed by atoms with Gasteiger partial charge >= 0.3 is 0 Å². The molecule has 0 aromatic heterocycles. The summed E-state index contributed by atoms with van der Waals surface area (Å²) in [5.74, 6) is 0.973. The zero-order valence-electron chi connectivity index (χ0n) is 21.0. The third-order valence-electron chi connectivity index (χ3n) is 5.79. The quantitative estimate of drug-likeness (QED) is 0.356. The molecule has 2 amide bonds. The van der Waals surface area contributed by atoms with Gasteiger partial charge in [0.05, 0.1) is 5.75 Å². The average Bonchev–Trinajstić information content (AvgIpc) is 2.85. The highest BCUT2D eigenvalue weighted by molar-refractivity contribution is 7.99. The van der Waals surface area contributed by atoms with Crippen LogP contribution in [0.25, 0.3) is 0 Å². The van der Waals surface area contributed by atoms with E-state index < -0.39 is 6.04 Å². The van der Waals surface area contributed by atoms with E-state index in [1.54, 1.807) is 16.7 Å². The van der Waals surface area contributed by atoms with Crippen LogP contribution in [0, 0.1) is 13.8 Å². The fraction of sp³-hybridized carbons (Fsp3) is 0.333. The Morgan fingerprint density at radius 3 is 2.06 bits per heavy atom. The van der Waals surface area contributed by atoms with Crippen LogP contribution in [0.2, 0.25) is 0 Å². The van der Waals surface area contributed by atoms with Gasteiger partial charge in [-0.2, -0.15) is 0 Å². The minimum atomic E-state index is -0.571. The molecular weight excluding hydrogens is 452 g/mol. The maximum absolute atomic E-state index is 13.6. The Balaban J connectivity index is 1.81. The van der Waals surface area contributed by atoms with Gasteiger partial charge in [-0.3, -0.25) is 9.59 Å². The smallest absolute Gasteiger partial charge is 0.243 e. The molecule has 1 N–H and O–H groups in total. The van der Waals surface area contributed by atoms with Crippen LogP contribution in [0.3, 0.4) is 0 Å². The molecule has 0 radical (unpaired) electrons. The van der Waals surface area contributed by atoms with Gasteiger partial charge in [0.25, 0.3) is 0 Å². The minimum absolute atomic E-state index is 0.0178. The van der Waals surface area contributed by atoms with Crippen LogP contribution in [-0.4, -0.2) is 35.1 Å². The molecule has 0 aliphatic carbocycles. The molecule has 184 valence electrons. The molecule has 0 spiro atoms. The van der Waals surface area contributed by atoms with E-state index >= 15 is 0 Å². The fourth-order valence-electron chi connectivity index (χ4n) is 4.19. The summed E-state index contributed by atoms with van der Waals surface area (Å²) in [7, 11) is 0. The SMILES string of the molecule is CCCNC(=O)C(Cc1ccccc1)N(Cc1ccccc1)C(=O)CSCc1cc(C)cc(C)c1. The number of rotatable bonds is 12. The molecule has 0 saturated carbocycles. The molecule has 5 heteroatoms. The minimum Gasteiger partial charge on any atom is -0.354 e. The second-order valence-electron chi connectivity index (χ2n) is 8.99.